The van der Waals surface area contributed by atoms with E-state index in [2.05, 4.69) is 166 Å². The maximum atomic E-state index is 10.0. The van der Waals surface area contributed by atoms with E-state index < -0.39 is 15.8 Å². The number of hydrogen-bond donors (Lipinski definition) is 1. The van der Waals surface area contributed by atoms with Crippen LogP contribution in [0.3, 0.4) is 0 Å². The van der Waals surface area contributed by atoms with E-state index in [1.54, 1.807) is 18.6 Å². The number of benzene rings is 6. The van der Waals surface area contributed by atoms with Crippen molar-refractivity contribution in [3.63, 3.8) is 0 Å². The van der Waals surface area contributed by atoms with Gasteiger partial charge >= 0.3 is 19.8 Å². The van der Waals surface area contributed by atoms with Crippen molar-refractivity contribution in [2.75, 3.05) is 13.3 Å². The molecule has 11 heteroatoms. The zero-order valence-electron chi connectivity index (χ0n) is 39.1. The third-order valence-electron chi connectivity index (χ3n) is 9.79. The van der Waals surface area contributed by atoms with Gasteiger partial charge in [-0.15, -0.1) is 35.9 Å². The molecule has 3 aromatic heterocycles. The van der Waals surface area contributed by atoms with Gasteiger partial charge in [-0.1, -0.05) is 115 Å². The fraction of sp³-hybridized carbons (Fsp3) is 0.105. The number of pyridine rings is 1. The maximum Gasteiger partial charge on any atom is 1.00 e. The van der Waals surface area contributed by atoms with Gasteiger partial charge in [0.1, 0.15) is 0 Å². The molecule has 0 saturated heterocycles. The summed E-state index contributed by atoms with van der Waals surface area (Å²) in [6.07, 6.45) is 6.38. The molecule has 0 atom stereocenters. The Hall–Kier alpha value is -5.88. The monoisotopic (exact) mass is 1290 g/mol. The van der Waals surface area contributed by atoms with Gasteiger partial charge in [0.25, 0.3) is 0 Å². The Morgan fingerprint density at radius 3 is 1.38 bits per heavy atom. The van der Waals surface area contributed by atoms with Gasteiger partial charge in [0.05, 0.1) is 61.8 Å². The molecule has 3 heterocycles. The van der Waals surface area contributed by atoms with Gasteiger partial charge in [0.15, 0.2) is 5.78 Å². The first-order chi connectivity index (χ1) is 32.1. The van der Waals surface area contributed by atoms with Crippen molar-refractivity contribution in [2.24, 2.45) is 0 Å². The Labute approximate surface area is 431 Å². The van der Waals surface area contributed by atoms with Gasteiger partial charge < -0.3 is 20.3 Å². The summed E-state index contributed by atoms with van der Waals surface area (Å²) < 4.78 is 0. The fourth-order valence-electron chi connectivity index (χ4n) is 6.45. The zero-order valence-corrected chi connectivity index (χ0v) is 46.0. The minimum absolute atomic E-state index is 0. The second-order valence-corrected chi connectivity index (χ2v) is 19.9. The van der Waals surface area contributed by atoms with E-state index in [1.807, 2.05) is 86.6 Å². The number of hydrogen-bond acceptors (Lipinski definition) is 6. The van der Waals surface area contributed by atoms with Crippen LogP contribution in [0.2, 0.25) is 0 Å². The Bertz CT molecular complexity index is 2580. The smallest absolute Gasteiger partial charge is 0.574 e. The van der Waals surface area contributed by atoms with Crippen LogP contribution >= 0.6 is 15.8 Å². The Kier molecular flexibility index (Phi) is 25.9. The zero-order chi connectivity index (χ0) is 46.9. The van der Waals surface area contributed by atoms with Crippen LogP contribution in [0.15, 0.2) is 225 Å². The molecule has 7 nitrogen and oxygen atoms in total. The van der Waals surface area contributed by atoms with E-state index in [9.17, 15) is 4.79 Å². The van der Waals surface area contributed by atoms with Crippen molar-refractivity contribution in [3.8, 4) is 33.9 Å². The van der Waals surface area contributed by atoms with Crippen LogP contribution < -0.4 is 26.3 Å². The third-order valence-corrected chi connectivity index (χ3v) is 14.6. The largest absolute Gasteiger partial charge is 1.00 e. The van der Waals surface area contributed by atoms with Gasteiger partial charge in [0.2, 0.25) is 0 Å². The number of aliphatic hydroxyl groups excluding tert-OH is 1. The Balaban J connectivity index is 0.000000229. The Morgan fingerprint density at radius 1 is 0.574 bits per heavy atom. The second-order valence-electron chi connectivity index (χ2n) is 15.1. The summed E-state index contributed by atoms with van der Waals surface area (Å²) in [4.78, 5) is 23.1. The van der Waals surface area contributed by atoms with E-state index >= 15 is 0 Å². The summed E-state index contributed by atoms with van der Waals surface area (Å²) >= 11 is 0. The molecule has 0 aliphatic carbocycles. The summed E-state index contributed by atoms with van der Waals surface area (Å²) in [5.74, 6) is -0.0625. The van der Waals surface area contributed by atoms with E-state index in [4.69, 9.17) is 5.11 Å². The average Bonchev–Trinajstić information content (AvgIpc) is 3.81. The van der Waals surface area contributed by atoms with Gasteiger partial charge in [-0.05, 0) is 99.5 Å². The van der Waals surface area contributed by atoms with Crippen molar-refractivity contribution >= 4 is 42.8 Å². The first-order valence-electron chi connectivity index (χ1n) is 21.6. The molecule has 0 saturated carbocycles. The summed E-state index contributed by atoms with van der Waals surface area (Å²) in [7, 11) is -1.09. The number of aryl methyl sites for hydroxylation is 2. The van der Waals surface area contributed by atoms with Gasteiger partial charge in [0, 0.05) is 61.9 Å². The number of carbonyl (C=O) groups is 1. The normalized spacial score (nSPS) is 10.1. The SMILES string of the molecule is CC(=O)C=C(C)O.C[PH+](c1ccccc1)c1ccccc1.C[PH+](c1ccccc1)c1ccccc1.Cc1ccnc(-c2cc(C)n[n-]2)c1.[Ir].[Os+].[c-]1ccccc1-c1nccnc1-c1ccccc1. The molecule has 1 N–H and O–H groups in total. The number of nitrogens with zero attached hydrogens (tertiary/aromatic N) is 5. The van der Waals surface area contributed by atoms with Gasteiger partial charge in [-0.25, -0.2) is 0 Å². The van der Waals surface area contributed by atoms with Crippen molar-refractivity contribution < 1.29 is 49.8 Å². The summed E-state index contributed by atoms with van der Waals surface area (Å²) in [6.45, 7) is 11.5. The third kappa shape index (κ3) is 19.4. The quantitative estimate of drug-likeness (QED) is 0.0700. The van der Waals surface area contributed by atoms with Crippen molar-refractivity contribution in [1.82, 2.24) is 25.1 Å². The molecule has 0 amide bonds. The molecule has 348 valence electrons. The van der Waals surface area contributed by atoms with E-state index in [0.717, 1.165) is 39.6 Å². The minimum Gasteiger partial charge on any atom is -0.574 e. The van der Waals surface area contributed by atoms with Crippen LogP contribution in [0.25, 0.3) is 33.9 Å². The van der Waals surface area contributed by atoms with Crippen LogP contribution in [0.5, 0.6) is 0 Å². The fourth-order valence-corrected chi connectivity index (χ4v) is 9.89. The standard InChI is InChI=1S/C16H11N2.2C13H13P.C10H10N3.C5H8O2.Ir.Os/c1-3-7-13(8-4-1)15-16(18-12-11-17-15)14-9-5-2-6-10-14;2*1-14(12-8-4-2-5-9-12)13-10-6-3-7-11-13;1-7-3-4-11-9(5-7)10-6-8(2)12-13-10;1-4(6)3-5(2)7;;/h1-9,11-12H;2*2-11H,1H3;3-6H,1-2H3;3,6H,1-2H3;;/q-1;;;-1;;;+1/p+2. The first kappa shape index (κ1) is 56.4. The van der Waals surface area contributed by atoms with Crippen molar-refractivity contribution in [3.05, 3.63) is 242 Å². The van der Waals surface area contributed by atoms with Gasteiger partial charge in [-0.2, -0.15) is 0 Å². The number of aromatic nitrogens is 5. The van der Waals surface area contributed by atoms with Crippen LogP contribution in [-0.2, 0) is 44.7 Å². The summed E-state index contributed by atoms with van der Waals surface area (Å²) in [5.41, 5.74) is 7.64. The van der Waals surface area contributed by atoms with E-state index in [1.165, 1.54) is 46.7 Å². The van der Waals surface area contributed by atoms with Crippen LogP contribution in [-0.4, -0.2) is 44.3 Å². The molecule has 2 radical (unpaired) electrons. The number of aliphatic hydroxyl groups is 1. The number of ketones is 1. The first-order valence-corrected chi connectivity index (χ1v) is 25.6. The molecular weight excluding hydrogens is 1230 g/mol. The van der Waals surface area contributed by atoms with E-state index in [0.29, 0.717) is 0 Å². The summed E-state index contributed by atoms with van der Waals surface area (Å²) in [5, 5.41) is 22.2. The van der Waals surface area contributed by atoms with Crippen LogP contribution in [0.4, 0.5) is 0 Å². The number of rotatable bonds is 8. The summed E-state index contributed by atoms with van der Waals surface area (Å²) in [6, 6.07) is 70.0. The molecule has 6 aromatic carbocycles. The molecule has 9 rings (SSSR count). The van der Waals surface area contributed by atoms with Crippen molar-refractivity contribution in [1.29, 1.82) is 0 Å². The van der Waals surface area contributed by atoms with Crippen molar-refractivity contribution in [2.45, 2.75) is 27.7 Å². The van der Waals surface area contributed by atoms with Crippen LogP contribution in [0, 0.1) is 19.9 Å². The predicted octanol–water partition coefficient (Wildman–Crippen LogP) is 11.3. The molecule has 0 fully saturated rings. The minimum atomic E-state index is -0.545. The molecule has 9 aromatic rings. The van der Waals surface area contributed by atoms with E-state index in [-0.39, 0.29) is 51.4 Å². The molecule has 0 bridgehead atoms. The molecular formula is C57H57IrN5O2OsP2+. The number of allylic oxidation sites excluding steroid dienone is 2. The second kappa shape index (κ2) is 31.2. The molecule has 0 spiro atoms. The Morgan fingerprint density at radius 2 is 1.01 bits per heavy atom. The van der Waals surface area contributed by atoms with Crippen LogP contribution in [0.1, 0.15) is 25.1 Å². The molecule has 0 aliphatic heterocycles. The molecule has 0 aliphatic rings. The molecule has 0 unspecified atom stereocenters. The van der Waals surface area contributed by atoms with Gasteiger partial charge in [-0.3, -0.25) is 14.8 Å². The number of carbonyl (C=O) groups excluding carboxylic acids is 1. The molecule has 68 heavy (non-hydrogen) atoms. The topological polar surface area (TPSA) is 103 Å². The predicted molar refractivity (Wildman–Crippen MR) is 282 cm³/mol. The maximum absolute atomic E-state index is 10.0. The average molecular weight is 1290 g/mol.